The zero-order valence-corrected chi connectivity index (χ0v) is 17.9. The molecule has 1 aliphatic rings. The maximum Gasteiger partial charge on any atom is 0.338 e. The van der Waals surface area contributed by atoms with Gasteiger partial charge in [-0.3, -0.25) is 4.79 Å². The number of methoxy groups -OCH3 is 1. The number of aromatic nitrogens is 3. The fourth-order valence-electron chi connectivity index (χ4n) is 3.34. The molecule has 1 amide bonds. The average Bonchev–Trinajstić information content (AvgIpc) is 3.37. The predicted octanol–water partition coefficient (Wildman–Crippen LogP) is 1.03. The van der Waals surface area contributed by atoms with Gasteiger partial charge < -0.3 is 9.64 Å². The monoisotopic (exact) mass is 449 g/mol. The number of fused-ring (bicyclic) bond motifs is 1. The van der Waals surface area contributed by atoms with E-state index in [0.29, 0.717) is 16.9 Å². The average molecular weight is 450 g/mol. The van der Waals surface area contributed by atoms with Crippen LogP contribution < -0.4 is 0 Å². The Balaban J connectivity index is 1.49. The highest BCUT2D eigenvalue weighted by Crippen LogP contribution is 2.26. The summed E-state index contributed by atoms with van der Waals surface area (Å²) in [7, 11) is -2.51. The Hall–Kier alpha value is -2.83. The Morgan fingerprint density at radius 1 is 1.20 bits per heavy atom. The first-order valence-electron chi connectivity index (χ1n) is 9.09. The lowest BCUT2D eigenvalue weighted by Gasteiger charge is -2.33. The number of nitrogens with zero attached hydrogens (tertiary/aromatic N) is 5. The van der Waals surface area contributed by atoms with Crippen LogP contribution in [-0.4, -0.2) is 77.4 Å². The number of carbonyl (C=O) groups excluding carboxylic acids is 2. The van der Waals surface area contributed by atoms with Crippen molar-refractivity contribution < 1.29 is 22.7 Å². The van der Waals surface area contributed by atoms with Gasteiger partial charge in [0, 0.05) is 44.0 Å². The van der Waals surface area contributed by atoms with Crippen molar-refractivity contribution in [3.63, 3.8) is 0 Å². The molecular formula is C18H19N5O5S2. The molecule has 0 unspecified atom stereocenters. The molecule has 4 heterocycles. The molecule has 158 valence electrons. The summed E-state index contributed by atoms with van der Waals surface area (Å²) >= 11 is 0.972. The smallest absolute Gasteiger partial charge is 0.338 e. The fourth-order valence-corrected chi connectivity index (χ4v) is 6.06. The SMILES string of the molecule is COC(=O)c1csc(S(=O)(=O)N2CCN(C(=O)c3c(C)nn4cccnc34)CC2)c1. The largest absolute Gasteiger partial charge is 0.465 e. The number of ether oxygens (including phenoxy) is 1. The van der Waals surface area contributed by atoms with Crippen molar-refractivity contribution in [2.45, 2.75) is 11.1 Å². The number of esters is 1. The van der Waals surface area contributed by atoms with Crippen LogP contribution in [0.25, 0.3) is 5.65 Å². The molecule has 0 saturated carbocycles. The molecule has 3 aromatic rings. The molecule has 0 aliphatic carbocycles. The Morgan fingerprint density at radius 3 is 2.63 bits per heavy atom. The summed E-state index contributed by atoms with van der Waals surface area (Å²) < 4.78 is 33.4. The van der Waals surface area contributed by atoms with Crippen molar-refractivity contribution in [1.29, 1.82) is 0 Å². The van der Waals surface area contributed by atoms with Crippen molar-refractivity contribution in [2.24, 2.45) is 0 Å². The Morgan fingerprint density at radius 2 is 1.93 bits per heavy atom. The minimum atomic E-state index is -3.75. The topological polar surface area (TPSA) is 114 Å². The van der Waals surface area contributed by atoms with Crippen LogP contribution in [0.3, 0.4) is 0 Å². The number of hydrogen-bond acceptors (Lipinski definition) is 8. The van der Waals surface area contributed by atoms with Crippen LogP contribution in [0.15, 0.2) is 34.1 Å². The van der Waals surface area contributed by atoms with Gasteiger partial charge in [-0.25, -0.2) is 22.7 Å². The number of piperazine rings is 1. The lowest BCUT2D eigenvalue weighted by Crippen LogP contribution is -2.50. The van der Waals surface area contributed by atoms with Gasteiger partial charge in [-0.2, -0.15) is 9.40 Å². The molecule has 30 heavy (non-hydrogen) atoms. The standard InChI is InChI=1S/C18H19N5O5S2/c1-12-15(16-19-4-3-5-23(16)20-12)17(24)21-6-8-22(9-7-21)30(26,27)14-10-13(11-29-14)18(25)28-2/h3-5,10-11H,6-9H2,1-2H3. The number of amides is 1. The molecule has 10 nitrogen and oxygen atoms in total. The van der Waals surface area contributed by atoms with Gasteiger partial charge in [-0.1, -0.05) is 0 Å². The van der Waals surface area contributed by atoms with Crippen molar-refractivity contribution in [1.82, 2.24) is 23.8 Å². The first-order valence-corrected chi connectivity index (χ1v) is 11.4. The summed E-state index contributed by atoms with van der Waals surface area (Å²) in [5.74, 6) is -0.803. The van der Waals surface area contributed by atoms with Crippen LogP contribution in [0.2, 0.25) is 0 Å². The van der Waals surface area contributed by atoms with E-state index in [9.17, 15) is 18.0 Å². The van der Waals surface area contributed by atoms with E-state index in [2.05, 4.69) is 14.8 Å². The van der Waals surface area contributed by atoms with E-state index in [1.165, 1.54) is 22.9 Å². The Kier molecular flexibility index (Phi) is 5.30. The molecule has 12 heteroatoms. The maximum absolute atomic E-state index is 13.0. The number of rotatable bonds is 4. The predicted molar refractivity (Wildman–Crippen MR) is 108 cm³/mol. The summed E-state index contributed by atoms with van der Waals surface area (Å²) in [6.45, 7) is 2.56. The summed E-state index contributed by atoms with van der Waals surface area (Å²) in [6.07, 6.45) is 3.32. The first-order chi connectivity index (χ1) is 14.3. The lowest BCUT2D eigenvalue weighted by molar-refractivity contribution is 0.0600. The molecule has 0 aromatic carbocycles. The normalized spacial score (nSPS) is 15.5. The molecular weight excluding hydrogens is 430 g/mol. The molecule has 0 radical (unpaired) electrons. The summed E-state index contributed by atoms with van der Waals surface area (Å²) in [5.41, 5.74) is 1.67. The number of aryl methyl sites for hydroxylation is 1. The lowest BCUT2D eigenvalue weighted by atomic mass is 10.2. The molecule has 0 bridgehead atoms. The van der Waals surface area contributed by atoms with Crippen LogP contribution >= 0.6 is 11.3 Å². The second-order valence-corrected chi connectivity index (χ2v) is 9.77. The molecule has 3 aromatic heterocycles. The van der Waals surface area contributed by atoms with Gasteiger partial charge >= 0.3 is 5.97 Å². The molecule has 0 spiro atoms. The third-order valence-electron chi connectivity index (χ3n) is 4.90. The second-order valence-electron chi connectivity index (χ2n) is 6.69. The van der Waals surface area contributed by atoms with Gasteiger partial charge in [0.05, 0.1) is 18.4 Å². The van der Waals surface area contributed by atoms with E-state index < -0.39 is 16.0 Å². The van der Waals surface area contributed by atoms with Gasteiger partial charge in [0.25, 0.3) is 15.9 Å². The van der Waals surface area contributed by atoms with E-state index in [1.807, 2.05) is 0 Å². The Bertz CT molecular complexity index is 1220. The quantitative estimate of drug-likeness (QED) is 0.547. The van der Waals surface area contributed by atoms with Gasteiger partial charge in [0.15, 0.2) is 5.65 Å². The second kappa shape index (κ2) is 7.78. The van der Waals surface area contributed by atoms with Crippen LogP contribution in [0.5, 0.6) is 0 Å². The highest BCUT2D eigenvalue weighted by molar-refractivity contribution is 7.91. The highest BCUT2D eigenvalue weighted by atomic mass is 32.2. The fraction of sp³-hybridized carbons (Fsp3) is 0.333. The number of sulfonamides is 1. The summed E-state index contributed by atoms with van der Waals surface area (Å²) in [5, 5.41) is 5.77. The summed E-state index contributed by atoms with van der Waals surface area (Å²) in [4.78, 5) is 30.5. The minimum absolute atomic E-state index is 0.0744. The van der Waals surface area contributed by atoms with Crippen molar-refractivity contribution in [3.05, 3.63) is 46.7 Å². The van der Waals surface area contributed by atoms with E-state index in [0.717, 1.165) is 11.3 Å². The van der Waals surface area contributed by atoms with Crippen LogP contribution in [0.4, 0.5) is 0 Å². The number of carbonyl (C=O) groups is 2. The molecule has 1 saturated heterocycles. The first kappa shape index (κ1) is 20.4. The van der Waals surface area contributed by atoms with E-state index in [4.69, 9.17) is 0 Å². The van der Waals surface area contributed by atoms with Crippen LogP contribution in [-0.2, 0) is 14.8 Å². The van der Waals surface area contributed by atoms with Gasteiger partial charge in [0.1, 0.15) is 9.77 Å². The third kappa shape index (κ3) is 3.46. The van der Waals surface area contributed by atoms with E-state index >= 15 is 0 Å². The zero-order valence-electron chi connectivity index (χ0n) is 16.3. The maximum atomic E-state index is 13.0. The molecule has 1 fully saturated rings. The Labute approximate surface area is 176 Å². The van der Waals surface area contributed by atoms with Gasteiger partial charge in [-0.05, 0) is 19.1 Å². The molecule has 0 N–H and O–H groups in total. The third-order valence-corrected chi connectivity index (χ3v) is 8.21. The van der Waals surface area contributed by atoms with E-state index in [1.54, 1.807) is 34.8 Å². The van der Waals surface area contributed by atoms with E-state index in [-0.39, 0.29) is 41.9 Å². The summed E-state index contributed by atoms with van der Waals surface area (Å²) in [6, 6.07) is 3.05. The van der Waals surface area contributed by atoms with Crippen molar-refractivity contribution in [3.8, 4) is 0 Å². The van der Waals surface area contributed by atoms with Crippen molar-refractivity contribution >= 4 is 38.9 Å². The zero-order chi connectivity index (χ0) is 21.5. The van der Waals surface area contributed by atoms with Gasteiger partial charge in [0.2, 0.25) is 0 Å². The van der Waals surface area contributed by atoms with Crippen molar-refractivity contribution in [2.75, 3.05) is 33.3 Å². The molecule has 1 aliphatic heterocycles. The number of thiophene rings is 1. The van der Waals surface area contributed by atoms with Gasteiger partial charge in [-0.15, -0.1) is 11.3 Å². The van der Waals surface area contributed by atoms with Crippen LogP contribution in [0, 0.1) is 6.92 Å². The highest BCUT2D eigenvalue weighted by Gasteiger charge is 2.33. The van der Waals surface area contributed by atoms with Crippen LogP contribution in [0.1, 0.15) is 26.4 Å². The number of hydrogen-bond donors (Lipinski definition) is 0. The minimum Gasteiger partial charge on any atom is -0.465 e. The molecule has 4 rings (SSSR count). The molecule has 0 atom stereocenters.